The number of carboxylic acid groups (broad SMARTS) is 1. The zero-order chi connectivity index (χ0) is 20.1. The SMILES string of the molecule is O=C([O-])[C@H]1CCCC[C@H]1C(=O)Nc1ccc(S(=O)(=O)NC2CCCCC2)cc1. The highest BCUT2D eigenvalue weighted by atomic mass is 32.2. The minimum Gasteiger partial charge on any atom is -0.550 e. The summed E-state index contributed by atoms with van der Waals surface area (Å²) in [5.74, 6) is -2.93. The van der Waals surface area contributed by atoms with Crippen molar-refractivity contribution in [2.75, 3.05) is 5.32 Å². The van der Waals surface area contributed by atoms with Crippen LogP contribution in [0.5, 0.6) is 0 Å². The molecule has 1 aromatic carbocycles. The van der Waals surface area contributed by atoms with Crippen LogP contribution in [0.25, 0.3) is 0 Å². The number of sulfonamides is 1. The molecule has 0 spiro atoms. The summed E-state index contributed by atoms with van der Waals surface area (Å²) in [5, 5.41) is 14.0. The molecule has 0 aromatic heterocycles. The van der Waals surface area contributed by atoms with E-state index in [4.69, 9.17) is 0 Å². The van der Waals surface area contributed by atoms with Crippen molar-refractivity contribution >= 4 is 27.6 Å². The second kappa shape index (κ2) is 9.05. The Balaban J connectivity index is 1.63. The molecule has 0 bridgehead atoms. The first-order valence-corrected chi connectivity index (χ1v) is 11.5. The molecule has 3 rings (SSSR count). The molecule has 2 atom stereocenters. The molecule has 0 unspecified atom stereocenters. The second-order valence-corrected chi connectivity index (χ2v) is 9.50. The molecular weight excluding hydrogens is 380 g/mol. The van der Waals surface area contributed by atoms with E-state index in [0.29, 0.717) is 18.5 Å². The van der Waals surface area contributed by atoms with E-state index in [2.05, 4.69) is 10.0 Å². The van der Waals surface area contributed by atoms with Gasteiger partial charge in [0.2, 0.25) is 15.9 Å². The Bertz CT molecular complexity index is 800. The maximum Gasteiger partial charge on any atom is 0.240 e. The minimum absolute atomic E-state index is 0.0222. The van der Waals surface area contributed by atoms with E-state index in [1.54, 1.807) is 0 Å². The number of carbonyl (C=O) groups excluding carboxylic acids is 2. The van der Waals surface area contributed by atoms with Gasteiger partial charge in [-0.1, -0.05) is 32.1 Å². The van der Waals surface area contributed by atoms with Gasteiger partial charge in [0.15, 0.2) is 0 Å². The third-order valence-electron chi connectivity index (χ3n) is 5.76. The van der Waals surface area contributed by atoms with E-state index in [1.165, 1.54) is 24.3 Å². The molecule has 2 aliphatic rings. The van der Waals surface area contributed by atoms with E-state index in [1.807, 2.05) is 0 Å². The Labute approximate surface area is 166 Å². The predicted molar refractivity (Wildman–Crippen MR) is 103 cm³/mol. The molecule has 0 radical (unpaired) electrons. The third kappa shape index (κ3) is 5.11. The Morgan fingerprint density at radius 3 is 2.04 bits per heavy atom. The summed E-state index contributed by atoms with van der Waals surface area (Å²) in [7, 11) is -3.59. The highest BCUT2D eigenvalue weighted by Gasteiger charge is 2.32. The van der Waals surface area contributed by atoms with Gasteiger partial charge >= 0.3 is 0 Å². The average molecular weight is 408 g/mol. The minimum atomic E-state index is -3.59. The molecule has 2 fully saturated rings. The maximum atomic E-state index is 12.5. The third-order valence-corrected chi connectivity index (χ3v) is 7.30. The van der Waals surface area contributed by atoms with Crippen LogP contribution in [0.4, 0.5) is 5.69 Å². The zero-order valence-corrected chi connectivity index (χ0v) is 16.7. The smallest absolute Gasteiger partial charge is 0.240 e. The Hall–Kier alpha value is -1.93. The van der Waals surface area contributed by atoms with Crippen LogP contribution in [0.2, 0.25) is 0 Å². The van der Waals surface area contributed by atoms with Gasteiger partial charge in [-0.15, -0.1) is 0 Å². The van der Waals surface area contributed by atoms with Gasteiger partial charge in [0, 0.05) is 29.5 Å². The summed E-state index contributed by atoms with van der Waals surface area (Å²) in [6.07, 6.45) is 7.48. The number of hydrogen-bond donors (Lipinski definition) is 2. The van der Waals surface area contributed by atoms with Crippen LogP contribution in [0.3, 0.4) is 0 Å². The molecule has 1 amide bonds. The molecule has 2 N–H and O–H groups in total. The number of aliphatic carboxylic acids is 1. The lowest BCUT2D eigenvalue weighted by atomic mass is 9.78. The average Bonchev–Trinajstić information content (AvgIpc) is 2.69. The molecule has 154 valence electrons. The molecule has 0 heterocycles. The van der Waals surface area contributed by atoms with Crippen molar-refractivity contribution in [3.05, 3.63) is 24.3 Å². The van der Waals surface area contributed by atoms with Gasteiger partial charge in [0.05, 0.1) is 4.90 Å². The first kappa shape index (κ1) is 20.8. The number of benzene rings is 1. The highest BCUT2D eigenvalue weighted by molar-refractivity contribution is 7.89. The number of amides is 1. The molecule has 7 nitrogen and oxygen atoms in total. The highest BCUT2D eigenvalue weighted by Crippen LogP contribution is 2.31. The normalized spacial score (nSPS) is 23.9. The topological polar surface area (TPSA) is 115 Å². The molecule has 8 heteroatoms. The van der Waals surface area contributed by atoms with Gasteiger partial charge in [-0.05, 0) is 49.9 Å². The zero-order valence-electron chi connectivity index (χ0n) is 15.9. The lowest BCUT2D eigenvalue weighted by Gasteiger charge is -2.31. The summed E-state index contributed by atoms with van der Waals surface area (Å²) in [5.41, 5.74) is 0.448. The molecule has 2 saturated carbocycles. The quantitative estimate of drug-likeness (QED) is 0.746. The van der Waals surface area contributed by atoms with Crippen molar-refractivity contribution < 1.29 is 23.1 Å². The van der Waals surface area contributed by atoms with Crippen LogP contribution in [-0.4, -0.2) is 26.3 Å². The molecule has 28 heavy (non-hydrogen) atoms. The first-order valence-electron chi connectivity index (χ1n) is 10.0. The lowest BCUT2D eigenvalue weighted by molar-refractivity contribution is -0.313. The van der Waals surface area contributed by atoms with Crippen LogP contribution in [0, 0.1) is 11.8 Å². The van der Waals surface area contributed by atoms with Gasteiger partial charge < -0.3 is 15.2 Å². The van der Waals surface area contributed by atoms with Crippen LogP contribution in [0.15, 0.2) is 29.2 Å². The van der Waals surface area contributed by atoms with Crippen molar-refractivity contribution in [3.8, 4) is 0 Å². The summed E-state index contributed by atoms with van der Waals surface area (Å²) in [4.78, 5) is 23.9. The van der Waals surface area contributed by atoms with E-state index in [9.17, 15) is 23.1 Å². The fraction of sp³-hybridized carbons (Fsp3) is 0.600. The Morgan fingerprint density at radius 2 is 1.43 bits per heavy atom. The van der Waals surface area contributed by atoms with Crippen molar-refractivity contribution in [1.29, 1.82) is 0 Å². The van der Waals surface area contributed by atoms with Gasteiger partial charge in [0.25, 0.3) is 0 Å². The number of hydrogen-bond acceptors (Lipinski definition) is 5. The number of carboxylic acids is 1. The standard InChI is InChI=1S/C20H28N2O5S/c23-19(17-8-4-5-9-18(17)20(24)25)21-14-10-12-16(13-11-14)28(26,27)22-15-6-2-1-3-7-15/h10-13,15,17-18,22H,1-9H2,(H,21,23)(H,24,25)/p-1/t17-,18+/m1/s1. The number of nitrogens with one attached hydrogen (secondary N) is 2. The van der Waals surface area contributed by atoms with E-state index in [0.717, 1.165) is 44.9 Å². The fourth-order valence-corrected chi connectivity index (χ4v) is 5.49. The lowest BCUT2D eigenvalue weighted by Crippen LogP contribution is -2.42. The predicted octanol–water partition coefficient (Wildman–Crippen LogP) is 1.79. The van der Waals surface area contributed by atoms with E-state index in [-0.39, 0.29) is 16.8 Å². The largest absolute Gasteiger partial charge is 0.550 e. The fourth-order valence-electron chi connectivity index (χ4n) is 4.19. The molecule has 2 aliphatic carbocycles. The van der Waals surface area contributed by atoms with Gasteiger partial charge in [-0.25, -0.2) is 13.1 Å². The molecular formula is C20H27N2O5S-. The van der Waals surface area contributed by atoms with Crippen LogP contribution in [-0.2, 0) is 19.6 Å². The Morgan fingerprint density at radius 1 is 0.857 bits per heavy atom. The summed E-state index contributed by atoms with van der Waals surface area (Å²) < 4.78 is 27.8. The monoisotopic (exact) mass is 407 g/mol. The Kier molecular flexibility index (Phi) is 6.72. The molecule has 0 aliphatic heterocycles. The van der Waals surface area contributed by atoms with Crippen molar-refractivity contribution in [2.45, 2.75) is 68.7 Å². The number of carbonyl (C=O) groups is 2. The van der Waals surface area contributed by atoms with Gasteiger partial charge in [-0.2, -0.15) is 0 Å². The van der Waals surface area contributed by atoms with E-state index < -0.39 is 27.8 Å². The first-order chi connectivity index (χ1) is 13.4. The summed E-state index contributed by atoms with van der Waals surface area (Å²) in [6, 6.07) is 5.95. The van der Waals surface area contributed by atoms with Crippen molar-refractivity contribution in [3.63, 3.8) is 0 Å². The molecule has 1 aromatic rings. The number of rotatable bonds is 6. The van der Waals surface area contributed by atoms with Crippen molar-refractivity contribution in [1.82, 2.24) is 4.72 Å². The summed E-state index contributed by atoms with van der Waals surface area (Å²) >= 11 is 0. The maximum absolute atomic E-state index is 12.5. The van der Waals surface area contributed by atoms with Gasteiger partial charge in [-0.3, -0.25) is 4.79 Å². The number of anilines is 1. The summed E-state index contributed by atoms with van der Waals surface area (Å²) in [6.45, 7) is 0. The van der Waals surface area contributed by atoms with Gasteiger partial charge in [0.1, 0.15) is 0 Å². The van der Waals surface area contributed by atoms with Crippen LogP contribution >= 0.6 is 0 Å². The van der Waals surface area contributed by atoms with E-state index >= 15 is 0 Å². The molecule has 0 saturated heterocycles. The van der Waals surface area contributed by atoms with Crippen molar-refractivity contribution in [2.24, 2.45) is 11.8 Å². The van der Waals surface area contributed by atoms with Crippen LogP contribution < -0.4 is 15.1 Å². The second-order valence-electron chi connectivity index (χ2n) is 7.79. The van der Waals surface area contributed by atoms with Crippen LogP contribution in [0.1, 0.15) is 57.8 Å².